The Labute approximate surface area is 108 Å². The smallest absolute Gasteiger partial charge is 0.306 e. The van der Waals surface area contributed by atoms with Crippen LogP contribution >= 0.6 is 0 Å². The van der Waals surface area contributed by atoms with Crippen molar-refractivity contribution < 1.29 is 20.1 Å². The van der Waals surface area contributed by atoms with Crippen LogP contribution < -0.4 is 5.32 Å². The van der Waals surface area contributed by atoms with Crippen molar-refractivity contribution in [2.24, 2.45) is 5.92 Å². The first kappa shape index (κ1) is 15.4. The molecule has 1 saturated carbocycles. The van der Waals surface area contributed by atoms with Crippen LogP contribution in [-0.2, 0) is 4.79 Å². The highest BCUT2D eigenvalue weighted by Gasteiger charge is 2.35. The fourth-order valence-corrected chi connectivity index (χ4v) is 2.27. The van der Waals surface area contributed by atoms with E-state index in [0.29, 0.717) is 45.2 Å². The lowest BCUT2D eigenvalue weighted by atomic mass is 9.78. The quantitative estimate of drug-likeness (QED) is 0.565. The van der Waals surface area contributed by atoms with E-state index in [-0.39, 0.29) is 5.92 Å². The minimum Gasteiger partial charge on any atom is -0.481 e. The maximum atomic E-state index is 10.8. The molecule has 0 aromatic heterocycles. The van der Waals surface area contributed by atoms with Crippen LogP contribution in [0.1, 0.15) is 46.0 Å². The number of aliphatic carboxylic acids is 1. The summed E-state index contributed by atoms with van der Waals surface area (Å²) in [5, 5.41) is 32.1. The molecule has 5 nitrogen and oxygen atoms in total. The van der Waals surface area contributed by atoms with Crippen molar-refractivity contribution in [1.29, 1.82) is 0 Å². The monoisotopic (exact) mass is 259 g/mol. The molecule has 0 spiro atoms. The minimum atomic E-state index is -0.824. The fraction of sp³-hybridized carbons (Fsp3) is 0.923. The number of nitrogens with one attached hydrogen (secondary N) is 1. The molecule has 1 aliphatic carbocycles. The Bertz CT molecular complexity index is 283. The van der Waals surface area contributed by atoms with Crippen LogP contribution in [0, 0.1) is 5.92 Å². The molecular weight excluding hydrogens is 234 g/mol. The number of rotatable bonds is 6. The Morgan fingerprint density at radius 1 is 1.44 bits per heavy atom. The molecule has 1 atom stereocenters. The van der Waals surface area contributed by atoms with Gasteiger partial charge in [-0.1, -0.05) is 6.92 Å². The first-order valence-corrected chi connectivity index (χ1v) is 6.66. The number of aliphatic hydroxyl groups is 2. The highest BCUT2D eigenvalue weighted by Crippen LogP contribution is 2.31. The summed E-state index contributed by atoms with van der Waals surface area (Å²) in [7, 11) is 0. The molecule has 0 aliphatic heterocycles. The van der Waals surface area contributed by atoms with Crippen LogP contribution in [0.5, 0.6) is 0 Å². The Morgan fingerprint density at radius 3 is 2.44 bits per heavy atom. The minimum absolute atomic E-state index is 0.316. The van der Waals surface area contributed by atoms with Gasteiger partial charge >= 0.3 is 5.97 Å². The molecular formula is C13H25NO4. The molecule has 1 aliphatic rings. The van der Waals surface area contributed by atoms with Crippen molar-refractivity contribution >= 4 is 5.97 Å². The highest BCUT2D eigenvalue weighted by molar-refractivity contribution is 5.70. The van der Waals surface area contributed by atoms with Crippen molar-refractivity contribution in [3.8, 4) is 0 Å². The van der Waals surface area contributed by atoms with Crippen molar-refractivity contribution in [3.05, 3.63) is 0 Å². The third-order valence-corrected chi connectivity index (χ3v) is 3.99. The van der Waals surface area contributed by atoms with Gasteiger partial charge < -0.3 is 20.6 Å². The van der Waals surface area contributed by atoms with E-state index in [0.717, 1.165) is 0 Å². The Morgan fingerprint density at radius 2 is 2.00 bits per heavy atom. The van der Waals surface area contributed by atoms with E-state index in [1.807, 2.05) is 6.92 Å². The molecule has 106 valence electrons. The molecule has 0 aromatic carbocycles. The first-order chi connectivity index (χ1) is 8.28. The summed E-state index contributed by atoms with van der Waals surface area (Å²) >= 11 is 0. The predicted octanol–water partition coefficient (Wildman–Crippen LogP) is 0.743. The van der Waals surface area contributed by atoms with Gasteiger partial charge in [0.2, 0.25) is 0 Å². The largest absolute Gasteiger partial charge is 0.481 e. The molecule has 0 saturated heterocycles. The lowest BCUT2D eigenvalue weighted by molar-refractivity contribution is -0.144. The van der Waals surface area contributed by atoms with Crippen LogP contribution in [0.4, 0.5) is 0 Å². The normalized spacial score (nSPS) is 31.9. The summed E-state index contributed by atoms with van der Waals surface area (Å²) < 4.78 is 0. The van der Waals surface area contributed by atoms with Gasteiger partial charge in [-0.25, -0.2) is 0 Å². The highest BCUT2D eigenvalue weighted by atomic mass is 16.4. The number of hydrogen-bond donors (Lipinski definition) is 4. The zero-order valence-corrected chi connectivity index (χ0v) is 11.3. The predicted molar refractivity (Wildman–Crippen MR) is 68.3 cm³/mol. The van der Waals surface area contributed by atoms with Crippen molar-refractivity contribution in [1.82, 2.24) is 5.32 Å². The maximum Gasteiger partial charge on any atom is 0.306 e. The van der Waals surface area contributed by atoms with Gasteiger partial charge in [-0.2, -0.15) is 0 Å². The second-order valence-corrected chi connectivity index (χ2v) is 5.79. The standard InChI is InChI=1S/C13H25NO4/c1-3-12(2,17)8-14-9-13(18)6-4-10(5-7-13)11(15)16/h10,14,17-18H,3-9H2,1-2H3,(H,15,16). The third kappa shape index (κ3) is 4.55. The van der Waals surface area contributed by atoms with Crippen LogP contribution in [0.25, 0.3) is 0 Å². The number of carboxylic acids is 1. The van der Waals surface area contributed by atoms with Gasteiger partial charge in [0.15, 0.2) is 0 Å². The zero-order valence-electron chi connectivity index (χ0n) is 11.3. The molecule has 0 aromatic rings. The molecule has 1 rings (SSSR count). The molecule has 0 amide bonds. The van der Waals surface area contributed by atoms with Crippen molar-refractivity contribution in [2.75, 3.05) is 13.1 Å². The lowest BCUT2D eigenvalue weighted by Gasteiger charge is -2.35. The molecule has 5 heteroatoms. The lowest BCUT2D eigenvalue weighted by Crippen LogP contribution is -2.48. The third-order valence-electron chi connectivity index (χ3n) is 3.99. The van der Waals surface area contributed by atoms with Crippen molar-refractivity contribution in [3.63, 3.8) is 0 Å². The number of carboxylic acid groups (broad SMARTS) is 1. The van der Waals surface area contributed by atoms with Gasteiger partial charge in [-0.05, 0) is 39.0 Å². The molecule has 18 heavy (non-hydrogen) atoms. The molecule has 1 fully saturated rings. The van der Waals surface area contributed by atoms with E-state index in [1.54, 1.807) is 6.92 Å². The fourth-order valence-electron chi connectivity index (χ4n) is 2.27. The Kier molecular flexibility index (Phi) is 5.13. The van der Waals surface area contributed by atoms with E-state index in [4.69, 9.17) is 5.11 Å². The van der Waals surface area contributed by atoms with Crippen molar-refractivity contribution in [2.45, 2.75) is 57.2 Å². The summed E-state index contributed by atoms with van der Waals surface area (Å²) in [4.78, 5) is 10.8. The Hall–Kier alpha value is -0.650. The van der Waals surface area contributed by atoms with Gasteiger partial charge in [0, 0.05) is 13.1 Å². The molecule has 4 N–H and O–H groups in total. The summed E-state index contributed by atoms with van der Waals surface area (Å²) in [6.07, 6.45) is 2.71. The summed E-state index contributed by atoms with van der Waals surface area (Å²) in [5.41, 5.74) is -1.58. The second kappa shape index (κ2) is 5.99. The van der Waals surface area contributed by atoms with Crippen LogP contribution in [0.3, 0.4) is 0 Å². The number of hydrogen-bond acceptors (Lipinski definition) is 4. The zero-order chi connectivity index (χ0) is 13.8. The summed E-state index contributed by atoms with van der Waals surface area (Å²) in [6.45, 7) is 4.52. The number of carbonyl (C=O) groups is 1. The van der Waals surface area contributed by atoms with E-state index >= 15 is 0 Å². The van der Waals surface area contributed by atoms with Gasteiger partial charge in [0.25, 0.3) is 0 Å². The van der Waals surface area contributed by atoms with E-state index in [2.05, 4.69) is 5.32 Å². The molecule has 0 heterocycles. The molecule has 0 bridgehead atoms. The van der Waals surface area contributed by atoms with Crippen LogP contribution in [0.15, 0.2) is 0 Å². The summed E-state index contributed by atoms with van der Waals surface area (Å²) in [5.74, 6) is -1.08. The Balaban J connectivity index is 2.33. The van der Waals surface area contributed by atoms with Crippen LogP contribution in [0.2, 0.25) is 0 Å². The van der Waals surface area contributed by atoms with Gasteiger partial charge in [-0.3, -0.25) is 4.79 Å². The van der Waals surface area contributed by atoms with E-state index < -0.39 is 17.2 Å². The molecule has 0 radical (unpaired) electrons. The van der Waals surface area contributed by atoms with E-state index in [1.165, 1.54) is 0 Å². The summed E-state index contributed by atoms with van der Waals surface area (Å²) in [6, 6.07) is 0. The SMILES string of the molecule is CCC(C)(O)CNCC1(O)CCC(C(=O)O)CC1. The average Bonchev–Trinajstić information content (AvgIpc) is 2.29. The first-order valence-electron chi connectivity index (χ1n) is 6.66. The van der Waals surface area contributed by atoms with Crippen LogP contribution in [-0.4, -0.2) is 45.6 Å². The van der Waals surface area contributed by atoms with Gasteiger partial charge in [0.05, 0.1) is 17.1 Å². The topological polar surface area (TPSA) is 89.8 Å². The average molecular weight is 259 g/mol. The molecule has 1 unspecified atom stereocenters. The van der Waals surface area contributed by atoms with Gasteiger partial charge in [0.1, 0.15) is 0 Å². The van der Waals surface area contributed by atoms with Gasteiger partial charge in [-0.15, -0.1) is 0 Å². The maximum absolute atomic E-state index is 10.8. The second-order valence-electron chi connectivity index (χ2n) is 5.79. The van der Waals surface area contributed by atoms with E-state index in [9.17, 15) is 15.0 Å².